The Labute approximate surface area is 184 Å². The summed E-state index contributed by atoms with van der Waals surface area (Å²) in [5, 5.41) is 5.64. The minimum absolute atomic E-state index is 0.101. The Balaban J connectivity index is 1.31. The standard InChI is InChI=1S/C23H35N5O3/c1-26-10-6-19-16-18(4-5-20(19)26)21(28-8-2-3-9-28)17-25-23(30)22(29)24-7-11-27-12-14-31-15-13-27/h4-5,16,21H,2-3,6-15,17H2,1H3,(H,24,29)(H,25,30). The van der Waals surface area contributed by atoms with E-state index < -0.39 is 11.8 Å². The van der Waals surface area contributed by atoms with Gasteiger partial charge in [0.1, 0.15) is 0 Å². The van der Waals surface area contributed by atoms with Crippen LogP contribution in [-0.2, 0) is 20.7 Å². The number of benzene rings is 1. The van der Waals surface area contributed by atoms with Gasteiger partial charge in [0, 0.05) is 52.0 Å². The number of likely N-dealkylation sites (tertiary alicyclic amines) is 1. The summed E-state index contributed by atoms with van der Waals surface area (Å²) < 4.78 is 5.33. The van der Waals surface area contributed by atoms with E-state index >= 15 is 0 Å². The smallest absolute Gasteiger partial charge is 0.309 e. The Bertz CT molecular complexity index is 774. The van der Waals surface area contributed by atoms with E-state index in [1.54, 1.807) is 0 Å². The first-order chi connectivity index (χ1) is 15.1. The van der Waals surface area contributed by atoms with E-state index in [9.17, 15) is 9.59 Å². The molecule has 0 saturated carbocycles. The molecule has 1 atom stereocenters. The first-order valence-electron chi connectivity index (χ1n) is 11.6. The molecule has 0 radical (unpaired) electrons. The number of likely N-dealkylation sites (N-methyl/N-ethyl adjacent to an activating group) is 1. The molecule has 2 saturated heterocycles. The van der Waals surface area contributed by atoms with Crippen LogP contribution in [0.3, 0.4) is 0 Å². The van der Waals surface area contributed by atoms with E-state index in [1.165, 1.54) is 29.7 Å². The van der Waals surface area contributed by atoms with Crippen molar-refractivity contribution in [2.24, 2.45) is 0 Å². The highest BCUT2D eigenvalue weighted by atomic mass is 16.5. The summed E-state index contributed by atoms with van der Waals surface area (Å²) in [4.78, 5) is 31.6. The normalized spacial score (nSPS) is 20.5. The van der Waals surface area contributed by atoms with Crippen LogP contribution < -0.4 is 15.5 Å². The molecule has 170 valence electrons. The summed E-state index contributed by atoms with van der Waals surface area (Å²) in [7, 11) is 2.13. The maximum atomic E-state index is 12.4. The Morgan fingerprint density at radius 2 is 1.77 bits per heavy atom. The predicted octanol–water partition coefficient (Wildman–Crippen LogP) is 0.380. The molecule has 1 unspecified atom stereocenters. The fourth-order valence-corrected chi connectivity index (χ4v) is 4.81. The lowest BCUT2D eigenvalue weighted by Crippen LogP contribution is -2.46. The molecule has 0 aliphatic carbocycles. The van der Waals surface area contributed by atoms with Crippen LogP contribution in [0.2, 0.25) is 0 Å². The van der Waals surface area contributed by atoms with Gasteiger partial charge in [0.15, 0.2) is 0 Å². The molecule has 2 N–H and O–H groups in total. The van der Waals surface area contributed by atoms with Crippen molar-refractivity contribution in [1.82, 2.24) is 20.4 Å². The van der Waals surface area contributed by atoms with E-state index in [2.05, 4.69) is 50.6 Å². The fourth-order valence-electron chi connectivity index (χ4n) is 4.81. The van der Waals surface area contributed by atoms with E-state index in [1.807, 2.05) is 0 Å². The lowest BCUT2D eigenvalue weighted by molar-refractivity contribution is -0.139. The van der Waals surface area contributed by atoms with Crippen molar-refractivity contribution in [2.75, 3.05) is 77.5 Å². The number of morpholine rings is 1. The molecule has 3 aliphatic heterocycles. The van der Waals surface area contributed by atoms with E-state index in [-0.39, 0.29) is 6.04 Å². The lowest BCUT2D eigenvalue weighted by Gasteiger charge is -2.29. The zero-order chi connectivity index (χ0) is 21.6. The van der Waals surface area contributed by atoms with E-state index in [4.69, 9.17) is 4.74 Å². The number of hydrogen-bond donors (Lipinski definition) is 2. The highest BCUT2D eigenvalue weighted by Crippen LogP contribution is 2.32. The van der Waals surface area contributed by atoms with Gasteiger partial charge in [-0.1, -0.05) is 12.1 Å². The Morgan fingerprint density at radius 3 is 2.55 bits per heavy atom. The molecule has 1 aromatic rings. The molecule has 3 aliphatic rings. The monoisotopic (exact) mass is 429 g/mol. The molecule has 0 spiro atoms. The minimum atomic E-state index is -0.552. The van der Waals surface area contributed by atoms with Gasteiger partial charge in [-0.25, -0.2) is 0 Å². The largest absolute Gasteiger partial charge is 0.379 e. The maximum Gasteiger partial charge on any atom is 0.309 e. The third kappa shape index (κ3) is 5.56. The van der Waals surface area contributed by atoms with Crippen molar-refractivity contribution >= 4 is 17.5 Å². The van der Waals surface area contributed by atoms with Crippen LogP contribution >= 0.6 is 0 Å². The lowest BCUT2D eigenvalue weighted by atomic mass is 10.0. The van der Waals surface area contributed by atoms with E-state index in [0.29, 0.717) is 13.1 Å². The zero-order valence-electron chi connectivity index (χ0n) is 18.6. The second-order valence-corrected chi connectivity index (χ2v) is 8.74. The molecule has 2 fully saturated rings. The van der Waals surface area contributed by atoms with Crippen LogP contribution in [0.5, 0.6) is 0 Å². The number of carbonyl (C=O) groups excluding carboxylic acids is 2. The number of nitrogens with one attached hydrogen (secondary N) is 2. The van der Waals surface area contributed by atoms with Crippen molar-refractivity contribution in [3.8, 4) is 0 Å². The number of ether oxygens (including phenoxy) is 1. The van der Waals surface area contributed by atoms with Crippen molar-refractivity contribution in [3.63, 3.8) is 0 Å². The van der Waals surface area contributed by atoms with Crippen LogP contribution in [0.1, 0.15) is 30.0 Å². The molecule has 1 aromatic carbocycles. The van der Waals surface area contributed by atoms with Gasteiger partial charge in [0.2, 0.25) is 0 Å². The Hall–Kier alpha value is -2.16. The highest BCUT2D eigenvalue weighted by molar-refractivity contribution is 6.35. The number of hydrogen-bond acceptors (Lipinski definition) is 6. The van der Waals surface area contributed by atoms with Crippen molar-refractivity contribution < 1.29 is 14.3 Å². The van der Waals surface area contributed by atoms with Gasteiger partial charge in [-0.05, 0) is 49.5 Å². The first-order valence-corrected chi connectivity index (χ1v) is 11.6. The highest BCUT2D eigenvalue weighted by Gasteiger charge is 2.27. The van der Waals surface area contributed by atoms with Crippen LogP contribution in [0.15, 0.2) is 18.2 Å². The summed E-state index contributed by atoms with van der Waals surface area (Å²) in [5.41, 5.74) is 3.90. The van der Waals surface area contributed by atoms with Crippen molar-refractivity contribution in [1.29, 1.82) is 0 Å². The van der Waals surface area contributed by atoms with Crippen LogP contribution in [0.25, 0.3) is 0 Å². The number of carbonyl (C=O) groups is 2. The summed E-state index contributed by atoms with van der Waals surface area (Å²) >= 11 is 0. The van der Waals surface area contributed by atoms with Gasteiger partial charge in [0.25, 0.3) is 0 Å². The Kier molecular flexibility index (Phi) is 7.42. The summed E-state index contributed by atoms with van der Waals surface area (Å²) in [5.74, 6) is -1.10. The molecule has 2 amide bonds. The molecular weight excluding hydrogens is 394 g/mol. The number of anilines is 1. The first kappa shape index (κ1) is 22.0. The Morgan fingerprint density at radius 1 is 1.03 bits per heavy atom. The minimum Gasteiger partial charge on any atom is -0.379 e. The molecule has 0 bridgehead atoms. The second-order valence-electron chi connectivity index (χ2n) is 8.74. The molecular formula is C23H35N5O3. The number of nitrogens with zero attached hydrogens (tertiary/aromatic N) is 3. The van der Waals surface area contributed by atoms with Gasteiger partial charge < -0.3 is 20.3 Å². The van der Waals surface area contributed by atoms with Gasteiger partial charge in [-0.15, -0.1) is 0 Å². The SMILES string of the molecule is CN1CCc2cc(C(CNC(=O)C(=O)NCCN3CCOCC3)N3CCCC3)ccc21. The second kappa shape index (κ2) is 10.4. The quantitative estimate of drug-likeness (QED) is 0.611. The predicted molar refractivity (Wildman–Crippen MR) is 120 cm³/mol. The molecule has 3 heterocycles. The topological polar surface area (TPSA) is 77.2 Å². The number of amides is 2. The molecule has 4 rings (SSSR count). The third-order valence-corrected chi connectivity index (χ3v) is 6.68. The van der Waals surface area contributed by atoms with Gasteiger partial charge in [-0.2, -0.15) is 0 Å². The van der Waals surface area contributed by atoms with Gasteiger partial charge in [0.05, 0.1) is 19.3 Å². The summed E-state index contributed by atoms with van der Waals surface area (Å²) in [6.45, 7) is 7.97. The molecule has 0 aromatic heterocycles. The van der Waals surface area contributed by atoms with Crippen LogP contribution in [0.4, 0.5) is 5.69 Å². The van der Waals surface area contributed by atoms with Crippen molar-refractivity contribution in [2.45, 2.75) is 25.3 Å². The van der Waals surface area contributed by atoms with Gasteiger partial charge >= 0.3 is 11.8 Å². The number of rotatable bonds is 7. The van der Waals surface area contributed by atoms with Gasteiger partial charge in [-0.3, -0.25) is 19.4 Å². The zero-order valence-corrected chi connectivity index (χ0v) is 18.6. The summed E-state index contributed by atoms with van der Waals surface area (Å²) in [6.07, 6.45) is 3.42. The van der Waals surface area contributed by atoms with Crippen LogP contribution in [0, 0.1) is 0 Å². The maximum absolute atomic E-state index is 12.4. The van der Waals surface area contributed by atoms with Crippen LogP contribution in [-0.4, -0.2) is 94.2 Å². The third-order valence-electron chi connectivity index (χ3n) is 6.68. The number of fused-ring (bicyclic) bond motifs is 1. The summed E-state index contributed by atoms with van der Waals surface area (Å²) in [6, 6.07) is 6.76. The van der Waals surface area contributed by atoms with Crippen molar-refractivity contribution in [3.05, 3.63) is 29.3 Å². The molecule has 8 nitrogen and oxygen atoms in total. The molecule has 8 heteroatoms. The average Bonchev–Trinajstić information content (AvgIpc) is 3.45. The fraction of sp³-hybridized carbons (Fsp3) is 0.652. The van der Waals surface area contributed by atoms with E-state index in [0.717, 1.165) is 58.9 Å². The molecule has 31 heavy (non-hydrogen) atoms. The average molecular weight is 430 g/mol.